The average Bonchev–Trinajstić information content (AvgIpc) is 1.99. The van der Waals surface area contributed by atoms with Gasteiger partial charge in [-0.2, -0.15) is 0 Å². The van der Waals surface area contributed by atoms with Gasteiger partial charge in [0.1, 0.15) is 21.5 Å². The van der Waals surface area contributed by atoms with E-state index in [2.05, 4.69) is 15.9 Å². The molecule has 13 heavy (non-hydrogen) atoms. The van der Waals surface area contributed by atoms with Crippen molar-refractivity contribution >= 4 is 21.9 Å². The molecule has 0 heterocycles. The number of carboxylic acid groups (broad SMARTS) is 1. The van der Waals surface area contributed by atoms with Crippen LogP contribution in [0, 0.1) is 0 Å². The Bertz CT molecular complexity index is 374. The van der Waals surface area contributed by atoms with E-state index in [1.165, 1.54) is 0 Å². The van der Waals surface area contributed by atoms with Gasteiger partial charge in [-0.05, 0) is 15.9 Å². The monoisotopic (exact) mass is 248 g/mol. The van der Waals surface area contributed by atoms with Gasteiger partial charge in [-0.3, -0.25) is 0 Å². The second-order valence-corrected chi connectivity index (χ2v) is 3.05. The molecule has 70 valence electrons. The molecule has 0 saturated carbocycles. The third kappa shape index (κ3) is 1.52. The molecular weight excluding hydrogens is 244 g/mol. The van der Waals surface area contributed by atoms with E-state index >= 15 is 0 Å². The quantitative estimate of drug-likeness (QED) is 0.600. The number of aromatic carboxylic acids is 1. The first kappa shape index (κ1) is 9.66. The average molecular weight is 249 g/mol. The third-order valence-electron chi connectivity index (χ3n) is 1.41. The van der Waals surface area contributed by atoms with Crippen LogP contribution in [0.15, 0.2) is 10.5 Å². The number of benzene rings is 1. The lowest BCUT2D eigenvalue weighted by Crippen LogP contribution is -1.97. The van der Waals surface area contributed by atoms with Crippen LogP contribution in [0.1, 0.15) is 10.4 Å². The SMILES string of the molecule is O=C(O)c1c(O)cc(O)c(Br)c1O. The predicted octanol–water partition coefficient (Wildman–Crippen LogP) is 1.26. The minimum absolute atomic E-state index is 0.164. The largest absolute Gasteiger partial charge is 0.507 e. The lowest BCUT2D eigenvalue weighted by Gasteiger charge is -2.05. The highest BCUT2D eigenvalue weighted by Crippen LogP contribution is 2.40. The molecule has 0 fully saturated rings. The second kappa shape index (κ2) is 3.14. The molecule has 0 aromatic heterocycles. The van der Waals surface area contributed by atoms with E-state index in [9.17, 15) is 9.90 Å². The minimum atomic E-state index is -1.48. The Hall–Kier alpha value is -1.43. The molecule has 0 unspecified atom stereocenters. The van der Waals surface area contributed by atoms with Crippen LogP contribution in [-0.4, -0.2) is 26.4 Å². The molecule has 0 atom stereocenters. The van der Waals surface area contributed by atoms with Crippen molar-refractivity contribution in [3.63, 3.8) is 0 Å². The summed E-state index contributed by atoms with van der Waals surface area (Å²) in [5, 5.41) is 35.8. The molecule has 0 aliphatic carbocycles. The molecule has 0 amide bonds. The Morgan fingerprint density at radius 2 is 1.77 bits per heavy atom. The van der Waals surface area contributed by atoms with Crippen molar-refractivity contribution < 1.29 is 25.2 Å². The smallest absolute Gasteiger partial charge is 0.343 e. The van der Waals surface area contributed by atoms with E-state index < -0.39 is 28.8 Å². The molecule has 6 heteroatoms. The number of halogens is 1. The normalized spacial score (nSPS) is 9.92. The Morgan fingerprint density at radius 1 is 1.23 bits per heavy atom. The van der Waals surface area contributed by atoms with Gasteiger partial charge in [0.25, 0.3) is 0 Å². The predicted molar refractivity (Wildman–Crippen MR) is 46.1 cm³/mol. The maximum atomic E-state index is 10.5. The number of rotatable bonds is 1. The zero-order valence-corrected chi connectivity index (χ0v) is 7.74. The summed E-state index contributed by atoms with van der Waals surface area (Å²) in [6.45, 7) is 0. The van der Waals surface area contributed by atoms with Crippen molar-refractivity contribution in [3.8, 4) is 17.2 Å². The van der Waals surface area contributed by atoms with Crippen LogP contribution in [0.2, 0.25) is 0 Å². The molecular formula is C7H5BrO5. The van der Waals surface area contributed by atoms with Crippen LogP contribution in [0.5, 0.6) is 17.2 Å². The van der Waals surface area contributed by atoms with E-state index in [-0.39, 0.29) is 4.47 Å². The number of carboxylic acids is 1. The first-order valence-electron chi connectivity index (χ1n) is 3.11. The highest BCUT2D eigenvalue weighted by Gasteiger charge is 2.20. The lowest BCUT2D eigenvalue weighted by molar-refractivity contribution is 0.0690. The van der Waals surface area contributed by atoms with Gasteiger partial charge in [0.15, 0.2) is 5.75 Å². The van der Waals surface area contributed by atoms with Crippen molar-refractivity contribution in [3.05, 3.63) is 16.1 Å². The molecule has 0 aliphatic heterocycles. The van der Waals surface area contributed by atoms with E-state index in [0.29, 0.717) is 0 Å². The molecule has 0 bridgehead atoms. The van der Waals surface area contributed by atoms with E-state index in [0.717, 1.165) is 6.07 Å². The van der Waals surface area contributed by atoms with E-state index in [1.807, 2.05) is 0 Å². The van der Waals surface area contributed by atoms with Crippen molar-refractivity contribution in [2.24, 2.45) is 0 Å². The highest BCUT2D eigenvalue weighted by molar-refractivity contribution is 9.10. The number of carbonyl (C=O) groups is 1. The van der Waals surface area contributed by atoms with Gasteiger partial charge in [-0.1, -0.05) is 0 Å². The van der Waals surface area contributed by atoms with Gasteiger partial charge < -0.3 is 20.4 Å². The summed E-state index contributed by atoms with van der Waals surface area (Å²) in [6, 6.07) is 0.827. The van der Waals surface area contributed by atoms with Crippen LogP contribution in [0.3, 0.4) is 0 Å². The summed E-state index contributed by atoms with van der Waals surface area (Å²) < 4.78 is -0.164. The molecule has 4 N–H and O–H groups in total. The Kier molecular flexibility index (Phi) is 2.33. The Morgan fingerprint density at radius 3 is 2.23 bits per heavy atom. The van der Waals surface area contributed by atoms with Crippen molar-refractivity contribution in [1.82, 2.24) is 0 Å². The fourth-order valence-electron chi connectivity index (χ4n) is 0.828. The minimum Gasteiger partial charge on any atom is -0.507 e. The molecule has 0 radical (unpaired) electrons. The number of phenols is 3. The van der Waals surface area contributed by atoms with Gasteiger partial charge in [-0.25, -0.2) is 4.79 Å². The summed E-state index contributed by atoms with van der Waals surface area (Å²) in [5.74, 6) is -3.30. The first-order chi connectivity index (χ1) is 5.95. The van der Waals surface area contributed by atoms with Crippen molar-refractivity contribution in [1.29, 1.82) is 0 Å². The lowest BCUT2D eigenvalue weighted by atomic mass is 10.1. The summed E-state index contributed by atoms with van der Waals surface area (Å²) in [4.78, 5) is 10.5. The Balaban J connectivity index is 3.53. The van der Waals surface area contributed by atoms with Gasteiger partial charge in [0.05, 0.1) is 0 Å². The van der Waals surface area contributed by atoms with Gasteiger partial charge in [-0.15, -0.1) is 0 Å². The zero-order valence-electron chi connectivity index (χ0n) is 6.15. The van der Waals surface area contributed by atoms with Crippen LogP contribution in [-0.2, 0) is 0 Å². The van der Waals surface area contributed by atoms with Gasteiger partial charge >= 0.3 is 5.97 Å². The van der Waals surface area contributed by atoms with Crippen LogP contribution >= 0.6 is 15.9 Å². The summed E-state index contributed by atoms with van der Waals surface area (Å²) >= 11 is 2.76. The summed E-state index contributed by atoms with van der Waals surface area (Å²) in [6.07, 6.45) is 0. The van der Waals surface area contributed by atoms with Crippen LogP contribution in [0.4, 0.5) is 0 Å². The molecule has 1 rings (SSSR count). The second-order valence-electron chi connectivity index (χ2n) is 2.26. The van der Waals surface area contributed by atoms with Gasteiger partial charge in [0.2, 0.25) is 0 Å². The maximum absolute atomic E-state index is 10.5. The first-order valence-corrected chi connectivity index (χ1v) is 3.91. The molecule has 0 spiro atoms. The third-order valence-corrected chi connectivity index (χ3v) is 2.19. The van der Waals surface area contributed by atoms with E-state index in [4.69, 9.17) is 15.3 Å². The fourth-order valence-corrected chi connectivity index (χ4v) is 1.14. The molecule has 5 nitrogen and oxygen atoms in total. The maximum Gasteiger partial charge on any atom is 0.343 e. The topological polar surface area (TPSA) is 98.0 Å². The highest BCUT2D eigenvalue weighted by atomic mass is 79.9. The van der Waals surface area contributed by atoms with Crippen molar-refractivity contribution in [2.75, 3.05) is 0 Å². The summed E-state index contributed by atoms with van der Waals surface area (Å²) in [5.41, 5.74) is -0.648. The van der Waals surface area contributed by atoms with E-state index in [1.54, 1.807) is 0 Å². The van der Waals surface area contributed by atoms with Crippen molar-refractivity contribution in [2.45, 2.75) is 0 Å². The van der Waals surface area contributed by atoms with Crippen LogP contribution in [0.25, 0.3) is 0 Å². The number of phenolic OH excluding ortho intramolecular Hbond substituents is 1. The molecule has 1 aromatic carbocycles. The molecule has 1 aromatic rings. The number of hydrogen-bond acceptors (Lipinski definition) is 4. The summed E-state index contributed by atoms with van der Waals surface area (Å²) in [7, 11) is 0. The van der Waals surface area contributed by atoms with Crippen LogP contribution < -0.4 is 0 Å². The standard InChI is InChI=1S/C7H5BrO5/c8-5-3(10)1-2(9)4(6(5)11)7(12)13/h1,9-11H,(H,12,13). The Labute approximate surface area is 81.0 Å². The number of hydrogen-bond donors (Lipinski definition) is 4. The molecule has 0 aliphatic rings. The zero-order chi connectivity index (χ0) is 10.2. The molecule has 0 saturated heterocycles. The van der Waals surface area contributed by atoms with Gasteiger partial charge in [0, 0.05) is 6.07 Å². The number of aromatic hydroxyl groups is 3. The fraction of sp³-hybridized carbons (Fsp3) is 0.